The van der Waals surface area contributed by atoms with Gasteiger partial charge in [0, 0.05) is 12.3 Å². The highest BCUT2D eigenvalue weighted by atomic mass is 32.2. The Morgan fingerprint density at radius 1 is 1.16 bits per heavy atom. The van der Waals surface area contributed by atoms with Crippen LogP contribution in [0.4, 0.5) is 0 Å². The SMILES string of the molecule is C[C@H](CC[C@@]1(C#N)O[C@H]2C[C@H]3[C@@H]4CC=C5C[C@@H](OC(=O)c6ccccc6)CC[C@]5(C)[C@H]4CC[C@]3(C)[C@H]2[C@@H]1C)COS(C)(=O)=O. The molecule has 0 bridgehead atoms. The molecule has 0 amide bonds. The molecule has 0 radical (unpaired) electrons. The van der Waals surface area contributed by atoms with Crippen LogP contribution < -0.4 is 0 Å². The molecule has 0 spiro atoms. The summed E-state index contributed by atoms with van der Waals surface area (Å²) < 4.78 is 40.7. The van der Waals surface area contributed by atoms with Crippen molar-refractivity contribution in [1.82, 2.24) is 0 Å². The average Bonchev–Trinajstić information content (AvgIpc) is 3.45. The number of rotatable bonds is 8. The molecular weight excluding hydrogens is 574 g/mol. The molecule has 240 valence electrons. The molecular formula is C36H49NO6S. The van der Waals surface area contributed by atoms with Gasteiger partial charge in [-0.25, -0.2) is 4.79 Å². The van der Waals surface area contributed by atoms with Gasteiger partial charge in [-0.2, -0.15) is 13.7 Å². The van der Waals surface area contributed by atoms with Crippen LogP contribution in [0.2, 0.25) is 0 Å². The van der Waals surface area contributed by atoms with Gasteiger partial charge in [0.15, 0.2) is 5.60 Å². The topological polar surface area (TPSA) is 103 Å². The number of benzene rings is 1. The van der Waals surface area contributed by atoms with E-state index in [9.17, 15) is 18.5 Å². The van der Waals surface area contributed by atoms with Gasteiger partial charge < -0.3 is 9.47 Å². The van der Waals surface area contributed by atoms with Gasteiger partial charge in [-0.05, 0) is 104 Å². The van der Waals surface area contributed by atoms with Crippen molar-refractivity contribution in [2.45, 2.75) is 103 Å². The number of esters is 1. The van der Waals surface area contributed by atoms with Crippen molar-refractivity contribution in [2.24, 2.45) is 46.3 Å². The molecule has 8 heteroatoms. The summed E-state index contributed by atoms with van der Waals surface area (Å²) in [5.41, 5.74) is 1.55. The van der Waals surface area contributed by atoms with E-state index >= 15 is 0 Å². The minimum atomic E-state index is -3.48. The molecule has 11 atom stereocenters. The molecule has 6 rings (SSSR count). The average molecular weight is 624 g/mol. The van der Waals surface area contributed by atoms with E-state index in [1.807, 2.05) is 37.3 Å². The van der Waals surface area contributed by atoms with Gasteiger partial charge in [0.1, 0.15) is 6.10 Å². The molecule has 1 aromatic carbocycles. The van der Waals surface area contributed by atoms with E-state index in [2.05, 4.69) is 32.9 Å². The molecule has 0 N–H and O–H groups in total. The second kappa shape index (κ2) is 11.5. The quantitative estimate of drug-likeness (QED) is 0.173. The first-order valence-corrected chi connectivity index (χ1v) is 18.5. The van der Waals surface area contributed by atoms with Crippen molar-refractivity contribution in [3.8, 4) is 6.07 Å². The van der Waals surface area contributed by atoms with E-state index in [1.54, 1.807) is 0 Å². The number of nitriles is 1. The summed E-state index contributed by atoms with van der Waals surface area (Å²) in [4.78, 5) is 12.8. The molecule has 7 nitrogen and oxygen atoms in total. The number of hydrogen-bond donors (Lipinski definition) is 0. The third kappa shape index (κ3) is 5.45. The Labute approximate surface area is 263 Å². The maximum Gasteiger partial charge on any atom is 0.338 e. The van der Waals surface area contributed by atoms with E-state index in [-0.39, 0.29) is 47.4 Å². The summed E-state index contributed by atoms with van der Waals surface area (Å²) in [6.45, 7) is 9.29. The maximum atomic E-state index is 12.8. The number of fused-ring (bicyclic) bond motifs is 7. The summed E-state index contributed by atoms with van der Waals surface area (Å²) in [6.07, 6.45) is 12.1. The highest BCUT2D eigenvalue weighted by Crippen LogP contribution is 2.70. The Bertz CT molecular complexity index is 1440. The summed E-state index contributed by atoms with van der Waals surface area (Å²) >= 11 is 0. The Kier molecular flexibility index (Phi) is 8.33. The van der Waals surface area contributed by atoms with Crippen molar-refractivity contribution < 1.29 is 26.9 Å². The van der Waals surface area contributed by atoms with Gasteiger partial charge in [0.25, 0.3) is 10.1 Å². The highest BCUT2D eigenvalue weighted by Gasteiger charge is 2.68. The lowest BCUT2D eigenvalue weighted by Crippen LogP contribution is -2.51. The Morgan fingerprint density at radius 3 is 2.61 bits per heavy atom. The summed E-state index contributed by atoms with van der Waals surface area (Å²) in [7, 11) is -3.48. The molecule has 44 heavy (non-hydrogen) atoms. The van der Waals surface area contributed by atoms with E-state index in [0.29, 0.717) is 42.1 Å². The molecule has 1 saturated heterocycles. The zero-order chi connectivity index (χ0) is 31.5. The van der Waals surface area contributed by atoms with E-state index in [0.717, 1.165) is 44.8 Å². The molecule has 0 aromatic heterocycles. The van der Waals surface area contributed by atoms with Crippen LogP contribution in [-0.2, 0) is 23.8 Å². The lowest BCUT2D eigenvalue weighted by Gasteiger charge is -2.58. The largest absolute Gasteiger partial charge is 0.458 e. The van der Waals surface area contributed by atoms with Gasteiger partial charge in [0.05, 0.1) is 30.6 Å². The van der Waals surface area contributed by atoms with Gasteiger partial charge in [-0.15, -0.1) is 0 Å². The third-order valence-corrected chi connectivity index (χ3v) is 13.4. The minimum absolute atomic E-state index is 0.0193. The minimum Gasteiger partial charge on any atom is -0.458 e. The van der Waals surface area contributed by atoms with Crippen molar-refractivity contribution >= 4 is 16.1 Å². The van der Waals surface area contributed by atoms with Crippen LogP contribution in [0, 0.1) is 57.7 Å². The summed E-state index contributed by atoms with van der Waals surface area (Å²) in [5, 5.41) is 10.4. The van der Waals surface area contributed by atoms with Crippen molar-refractivity contribution in [2.75, 3.05) is 12.9 Å². The van der Waals surface area contributed by atoms with Crippen molar-refractivity contribution in [3.63, 3.8) is 0 Å². The predicted octanol–water partition coefficient (Wildman–Crippen LogP) is 7.09. The first-order valence-electron chi connectivity index (χ1n) is 16.7. The third-order valence-electron chi connectivity index (χ3n) is 12.8. The first-order chi connectivity index (χ1) is 20.8. The number of carbonyl (C=O) groups excluding carboxylic acids is 1. The molecule has 1 heterocycles. The monoisotopic (exact) mass is 623 g/mol. The van der Waals surface area contributed by atoms with E-state index < -0.39 is 15.7 Å². The molecule has 0 unspecified atom stereocenters. The highest BCUT2D eigenvalue weighted by molar-refractivity contribution is 7.85. The Balaban J connectivity index is 1.13. The summed E-state index contributed by atoms with van der Waals surface area (Å²) in [6, 6.07) is 11.9. The van der Waals surface area contributed by atoms with Crippen LogP contribution in [0.25, 0.3) is 0 Å². The van der Waals surface area contributed by atoms with Gasteiger partial charge in [0.2, 0.25) is 0 Å². The fourth-order valence-electron chi connectivity index (χ4n) is 10.5. The Hall–Kier alpha value is -2.21. The smallest absolute Gasteiger partial charge is 0.338 e. The van der Waals surface area contributed by atoms with Crippen LogP contribution >= 0.6 is 0 Å². The van der Waals surface area contributed by atoms with Crippen LogP contribution in [0.3, 0.4) is 0 Å². The fourth-order valence-corrected chi connectivity index (χ4v) is 11.0. The molecule has 4 fully saturated rings. The lowest BCUT2D eigenvalue weighted by atomic mass is 9.46. The Morgan fingerprint density at radius 2 is 1.91 bits per heavy atom. The molecule has 5 aliphatic rings. The van der Waals surface area contributed by atoms with Crippen LogP contribution in [-0.4, -0.2) is 45.1 Å². The van der Waals surface area contributed by atoms with Crippen LogP contribution in [0.15, 0.2) is 42.0 Å². The van der Waals surface area contributed by atoms with Gasteiger partial charge in [-0.3, -0.25) is 4.18 Å². The second-order valence-electron chi connectivity index (χ2n) is 15.3. The van der Waals surface area contributed by atoms with Crippen molar-refractivity contribution in [1.29, 1.82) is 5.26 Å². The zero-order valence-corrected chi connectivity index (χ0v) is 27.8. The second-order valence-corrected chi connectivity index (χ2v) is 16.9. The standard InChI is InChI=1S/C36H49NO6S/c1-23(21-41-44(5,39)40)13-18-36(22-37)24(2)32-31(43-36)20-30-28-12-11-26-19-27(42-33(38)25-9-7-6-8-10-25)14-16-34(26,3)29(28)15-17-35(30,32)4/h6-11,23-24,27-32H,12-21H2,1-5H3/t23-,24+,27+,28-,29+,30+,31+,32+,34+,35+,36+/m1/s1. The number of nitrogens with zero attached hydrogens (tertiary/aromatic N) is 1. The normalized spacial score (nSPS) is 41.7. The van der Waals surface area contributed by atoms with Crippen molar-refractivity contribution in [3.05, 3.63) is 47.5 Å². The number of carbonyl (C=O) groups is 1. The van der Waals surface area contributed by atoms with Crippen LogP contribution in [0.1, 0.15) is 95.8 Å². The van der Waals surface area contributed by atoms with Gasteiger partial charge >= 0.3 is 5.97 Å². The number of ether oxygens (including phenoxy) is 2. The zero-order valence-electron chi connectivity index (χ0n) is 27.0. The molecule has 4 aliphatic carbocycles. The summed E-state index contributed by atoms with van der Waals surface area (Å²) in [5.74, 6) is 2.06. The van der Waals surface area contributed by atoms with E-state index in [1.165, 1.54) is 12.0 Å². The lowest BCUT2D eigenvalue weighted by molar-refractivity contribution is -0.0692. The molecule has 3 saturated carbocycles. The molecule has 1 aliphatic heterocycles. The maximum absolute atomic E-state index is 12.8. The number of allylic oxidation sites excluding steroid dienone is 1. The predicted molar refractivity (Wildman–Crippen MR) is 168 cm³/mol. The van der Waals surface area contributed by atoms with Gasteiger partial charge in [-0.1, -0.05) is 57.5 Å². The fraction of sp³-hybridized carbons (Fsp3) is 0.722. The first kappa shape index (κ1) is 31.8. The number of hydrogen-bond acceptors (Lipinski definition) is 7. The molecule has 1 aromatic rings. The van der Waals surface area contributed by atoms with E-state index in [4.69, 9.17) is 13.7 Å². The van der Waals surface area contributed by atoms with Crippen LogP contribution in [0.5, 0.6) is 0 Å².